The molecule has 0 saturated heterocycles. The van der Waals surface area contributed by atoms with E-state index in [9.17, 15) is 9.90 Å². The molecule has 2 aromatic rings. The van der Waals surface area contributed by atoms with E-state index in [4.69, 9.17) is 4.74 Å². The summed E-state index contributed by atoms with van der Waals surface area (Å²) >= 11 is 3.28. The quantitative estimate of drug-likeness (QED) is 0.682. The van der Waals surface area contributed by atoms with Crippen LogP contribution in [0.1, 0.15) is 10.4 Å². The van der Waals surface area contributed by atoms with Crippen molar-refractivity contribution in [3.05, 3.63) is 58.6 Å². The fourth-order valence-corrected chi connectivity index (χ4v) is 1.72. The van der Waals surface area contributed by atoms with Crippen LogP contribution in [0, 0.1) is 0 Å². The molecule has 0 aliphatic rings. The van der Waals surface area contributed by atoms with Crippen LogP contribution >= 0.6 is 15.9 Å². The van der Waals surface area contributed by atoms with E-state index in [0.717, 1.165) is 4.47 Å². The second kappa shape index (κ2) is 5.01. The Kier molecular flexibility index (Phi) is 3.44. The number of ether oxygens (including phenoxy) is 1. The largest absolute Gasteiger partial charge is 0.507 e. The van der Waals surface area contributed by atoms with E-state index in [1.807, 2.05) is 6.07 Å². The molecule has 3 nitrogen and oxygen atoms in total. The van der Waals surface area contributed by atoms with Crippen molar-refractivity contribution in [3.63, 3.8) is 0 Å². The second-order valence-corrected chi connectivity index (χ2v) is 4.28. The summed E-state index contributed by atoms with van der Waals surface area (Å²) in [6.07, 6.45) is 0. The van der Waals surface area contributed by atoms with Crippen molar-refractivity contribution in [3.8, 4) is 11.5 Å². The van der Waals surface area contributed by atoms with Crippen LogP contribution < -0.4 is 4.74 Å². The van der Waals surface area contributed by atoms with Crippen LogP contribution in [0.15, 0.2) is 53.0 Å². The van der Waals surface area contributed by atoms with Gasteiger partial charge in [-0.1, -0.05) is 34.1 Å². The number of carbonyl (C=O) groups is 1. The van der Waals surface area contributed by atoms with Gasteiger partial charge in [0.15, 0.2) is 0 Å². The summed E-state index contributed by atoms with van der Waals surface area (Å²) in [7, 11) is 0. The molecule has 86 valence electrons. The lowest BCUT2D eigenvalue weighted by molar-refractivity contribution is 0.0731. The van der Waals surface area contributed by atoms with E-state index in [-0.39, 0.29) is 11.3 Å². The van der Waals surface area contributed by atoms with Crippen LogP contribution in [0.4, 0.5) is 0 Å². The highest BCUT2D eigenvalue weighted by atomic mass is 79.9. The number of halogens is 1. The zero-order valence-corrected chi connectivity index (χ0v) is 10.3. The van der Waals surface area contributed by atoms with Gasteiger partial charge in [0.05, 0.1) is 0 Å². The molecule has 0 amide bonds. The summed E-state index contributed by atoms with van der Waals surface area (Å²) in [5.74, 6) is -0.249. The van der Waals surface area contributed by atoms with Gasteiger partial charge < -0.3 is 9.84 Å². The molecule has 0 heterocycles. The average Bonchev–Trinajstić information content (AvgIpc) is 2.29. The average molecular weight is 293 g/mol. The third kappa shape index (κ3) is 2.85. The van der Waals surface area contributed by atoms with Gasteiger partial charge in [0.1, 0.15) is 17.1 Å². The molecule has 2 rings (SSSR count). The molecule has 1 N–H and O–H groups in total. The molecule has 0 bridgehead atoms. The number of esters is 1. The van der Waals surface area contributed by atoms with Crippen molar-refractivity contribution in [2.45, 2.75) is 0 Å². The van der Waals surface area contributed by atoms with Gasteiger partial charge in [0, 0.05) is 4.47 Å². The highest BCUT2D eigenvalue weighted by Crippen LogP contribution is 2.21. The van der Waals surface area contributed by atoms with Crippen LogP contribution in [-0.2, 0) is 0 Å². The summed E-state index contributed by atoms with van der Waals surface area (Å²) < 4.78 is 5.95. The summed E-state index contributed by atoms with van der Waals surface area (Å²) in [5.41, 5.74) is 0.146. The standard InChI is InChI=1S/C13H9BrO3/c14-9-4-3-5-10(8-9)17-13(16)11-6-1-2-7-12(11)15/h1-8,15H. The number of hydrogen-bond acceptors (Lipinski definition) is 3. The molecule has 2 aromatic carbocycles. The Balaban J connectivity index is 2.20. The van der Waals surface area contributed by atoms with Crippen LogP contribution in [0.25, 0.3) is 0 Å². The Morgan fingerprint density at radius 3 is 2.59 bits per heavy atom. The normalized spacial score (nSPS) is 9.94. The fraction of sp³-hybridized carbons (Fsp3) is 0. The SMILES string of the molecule is O=C(Oc1cccc(Br)c1)c1ccccc1O. The van der Waals surface area contributed by atoms with Crippen molar-refractivity contribution >= 4 is 21.9 Å². The van der Waals surface area contributed by atoms with Crippen LogP contribution in [0.2, 0.25) is 0 Å². The smallest absolute Gasteiger partial charge is 0.347 e. The molecular formula is C13H9BrO3. The van der Waals surface area contributed by atoms with Crippen molar-refractivity contribution in [1.29, 1.82) is 0 Å². The van der Waals surface area contributed by atoms with Crippen LogP contribution in [0.5, 0.6) is 11.5 Å². The third-order valence-corrected chi connectivity index (χ3v) is 2.62. The topological polar surface area (TPSA) is 46.5 Å². The molecule has 0 aromatic heterocycles. The van der Waals surface area contributed by atoms with Crippen molar-refractivity contribution in [2.75, 3.05) is 0 Å². The van der Waals surface area contributed by atoms with E-state index in [0.29, 0.717) is 5.75 Å². The highest BCUT2D eigenvalue weighted by Gasteiger charge is 2.12. The Labute approximate surface area is 107 Å². The van der Waals surface area contributed by atoms with Gasteiger partial charge in [0.25, 0.3) is 0 Å². The maximum atomic E-state index is 11.7. The molecule has 0 atom stereocenters. The number of hydrogen-bond donors (Lipinski definition) is 1. The maximum Gasteiger partial charge on any atom is 0.347 e. The molecule has 0 aliphatic heterocycles. The predicted octanol–water partition coefficient (Wildman–Crippen LogP) is 3.37. The van der Waals surface area contributed by atoms with Crippen LogP contribution in [-0.4, -0.2) is 11.1 Å². The first-order valence-electron chi connectivity index (χ1n) is 4.92. The Hall–Kier alpha value is -1.81. The second-order valence-electron chi connectivity index (χ2n) is 3.36. The van der Waals surface area contributed by atoms with Crippen molar-refractivity contribution < 1.29 is 14.6 Å². The summed E-state index contributed by atoms with van der Waals surface area (Å²) in [6, 6.07) is 13.2. The summed E-state index contributed by atoms with van der Waals surface area (Å²) in [6.45, 7) is 0. The Morgan fingerprint density at radius 2 is 1.88 bits per heavy atom. The minimum absolute atomic E-state index is 0.0903. The van der Waals surface area contributed by atoms with Crippen LogP contribution in [0.3, 0.4) is 0 Å². The molecule has 17 heavy (non-hydrogen) atoms. The molecular weight excluding hydrogens is 284 g/mol. The Morgan fingerprint density at radius 1 is 1.12 bits per heavy atom. The van der Waals surface area contributed by atoms with Gasteiger partial charge in [0.2, 0.25) is 0 Å². The number of phenols is 1. The number of aromatic hydroxyl groups is 1. The molecule has 4 heteroatoms. The van der Waals surface area contributed by atoms with Gasteiger partial charge in [-0.15, -0.1) is 0 Å². The minimum Gasteiger partial charge on any atom is -0.507 e. The number of rotatable bonds is 2. The predicted molar refractivity (Wildman–Crippen MR) is 67.2 cm³/mol. The number of carbonyl (C=O) groups excluding carboxylic acids is 1. The highest BCUT2D eigenvalue weighted by molar-refractivity contribution is 9.10. The lowest BCUT2D eigenvalue weighted by Crippen LogP contribution is -2.08. The lowest BCUT2D eigenvalue weighted by Gasteiger charge is -2.05. The number of phenolic OH excluding ortho intramolecular Hbond substituents is 1. The molecule has 0 aliphatic carbocycles. The molecule has 0 fully saturated rings. The monoisotopic (exact) mass is 292 g/mol. The molecule has 0 unspecified atom stereocenters. The number of benzene rings is 2. The maximum absolute atomic E-state index is 11.7. The number of para-hydroxylation sites is 1. The van der Waals surface area contributed by atoms with Gasteiger partial charge >= 0.3 is 5.97 Å². The zero-order chi connectivity index (χ0) is 12.3. The van der Waals surface area contributed by atoms with Gasteiger partial charge in [-0.25, -0.2) is 4.79 Å². The summed E-state index contributed by atoms with van der Waals surface area (Å²) in [5, 5.41) is 9.50. The van der Waals surface area contributed by atoms with Gasteiger partial charge in [-0.3, -0.25) is 0 Å². The van der Waals surface area contributed by atoms with Gasteiger partial charge in [-0.05, 0) is 30.3 Å². The fourth-order valence-electron chi connectivity index (χ4n) is 1.34. The first-order valence-corrected chi connectivity index (χ1v) is 5.72. The minimum atomic E-state index is -0.582. The van der Waals surface area contributed by atoms with E-state index in [2.05, 4.69) is 15.9 Å². The van der Waals surface area contributed by atoms with Crippen molar-refractivity contribution in [1.82, 2.24) is 0 Å². The molecule has 0 saturated carbocycles. The van der Waals surface area contributed by atoms with Crippen molar-refractivity contribution in [2.24, 2.45) is 0 Å². The van der Waals surface area contributed by atoms with E-state index >= 15 is 0 Å². The lowest BCUT2D eigenvalue weighted by atomic mass is 10.2. The first-order chi connectivity index (χ1) is 8.16. The first kappa shape index (κ1) is 11.7. The molecule has 0 radical (unpaired) electrons. The van der Waals surface area contributed by atoms with E-state index < -0.39 is 5.97 Å². The zero-order valence-electron chi connectivity index (χ0n) is 8.76. The van der Waals surface area contributed by atoms with Gasteiger partial charge in [-0.2, -0.15) is 0 Å². The summed E-state index contributed by atoms with van der Waals surface area (Å²) in [4.78, 5) is 11.7. The molecule has 0 spiro atoms. The van der Waals surface area contributed by atoms with E-state index in [1.165, 1.54) is 12.1 Å². The van der Waals surface area contributed by atoms with E-state index in [1.54, 1.807) is 30.3 Å². The third-order valence-electron chi connectivity index (χ3n) is 2.13. The Bertz CT molecular complexity index is 552.